The van der Waals surface area contributed by atoms with Crippen LogP contribution >= 0.6 is 11.3 Å². The van der Waals surface area contributed by atoms with Crippen LogP contribution in [0.1, 0.15) is 45.4 Å². The number of unbranched alkanes of at least 4 members (excludes halogenated alkanes) is 5. The van der Waals surface area contributed by atoms with Crippen LogP contribution in [0.15, 0.2) is 77.0 Å². The molecule has 0 bridgehead atoms. The van der Waals surface area contributed by atoms with E-state index in [1.54, 1.807) is 17.4 Å². The molecule has 188 valence electrons. The molecule has 6 heteroatoms. The summed E-state index contributed by atoms with van der Waals surface area (Å²) >= 11 is 1.64. The highest BCUT2D eigenvalue weighted by Gasteiger charge is 2.09. The van der Waals surface area contributed by atoms with Gasteiger partial charge in [0.2, 0.25) is 0 Å². The summed E-state index contributed by atoms with van der Waals surface area (Å²) in [4.78, 5) is 3.03. The minimum atomic E-state index is -0.387. The van der Waals surface area contributed by atoms with Gasteiger partial charge in [-0.1, -0.05) is 45.1 Å². The van der Waals surface area contributed by atoms with E-state index in [9.17, 15) is 4.39 Å². The molecule has 36 heavy (non-hydrogen) atoms. The Morgan fingerprint density at radius 3 is 2.36 bits per heavy atom. The summed E-state index contributed by atoms with van der Waals surface area (Å²) in [5.41, 5.74) is 2.81. The Hall–Kier alpha value is -3.25. The number of rotatable bonds is 12. The van der Waals surface area contributed by atoms with Crippen LogP contribution in [0.2, 0.25) is 0 Å². The Bertz CT molecular complexity index is 1300. The smallest absolute Gasteiger partial charge is 0.151 e. The number of hydrogen-bond acceptors (Lipinski definition) is 5. The number of azo groups is 1. The van der Waals surface area contributed by atoms with Gasteiger partial charge in [-0.3, -0.25) is 0 Å². The minimum absolute atomic E-state index is 0.224. The Morgan fingerprint density at radius 1 is 0.833 bits per heavy atom. The van der Waals surface area contributed by atoms with Gasteiger partial charge < -0.3 is 9.64 Å². The maximum atomic E-state index is 14.8. The molecule has 0 spiro atoms. The first-order chi connectivity index (χ1) is 17.5. The van der Waals surface area contributed by atoms with Crippen LogP contribution < -0.4 is 9.64 Å². The van der Waals surface area contributed by atoms with Crippen molar-refractivity contribution in [2.45, 2.75) is 45.4 Å². The van der Waals surface area contributed by atoms with Crippen molar-refractivity contribution in [2.75, 3.05) is 25.6 Å². The number of benzene rings is 3. The second kappa shape index (κ2) is 12.6. The molecule has 4 rings (SSSR count). The van der Waals surface area contributed by atoms with E-state index in [0.717, 1.165) is 45.0 Å². The number of hydrogen-bond donors (Lipinski definition) is 0. The average Bonchev–Trinajstić information content (AvgIpc) is 3.31. The highest BCUT2D eigenvalue weighted by atomic mass is 32.1. The van der Waals surface area contributed by atoms with Crippen molar-refractivity contribution < 1.29 is 9.13 Å². The van der Waals surface area contributed by atoms with E-state index in [2.05, 4.69) is 35.4 Å². The number of fused-ring (bicyclic) bond motifs is 1. The summed E-state index contributed by atoms with van der Waals surface area (Å²) in [5.74, 6) is 0.506. The van der Waals surface area contributed by atoms with Gasteiger partial charge in [0.25, 0.3) is 0 Å². The first-order valence-corrected chi connectivity index (χ1v) is 13.5. The fourth-order valence-electron chi connectivity index (χ4n) is 3.99. The van der Waals surface area contributed by atoms with Crippen molar-refractivity contribution >= 4 is 38.5 Å². The van der Waals surface area contributed by atoms with Crippen LogP contribution in [-0.4, -0.2) is 20.7 Å². The lowest BCUT2D eigenvalue weighted by Gasteiger charge is -2.11. The molecule has 1 aromatic heterocycles. The van der Waals surface area contributed by atoms with Gasteiger partial charge in [0.05, 0.1) is 12.3 Å². The van der Waals surface area contributed by atoms with Crippen molar-refractivity contribution in [3.63, 3.8) is 0 Å². The number of thiophene rings is 1. The van der Waals surface area contributed by atoms with Gasteiger partial charge in [0.15, 0.2) is 5.82 Å². The van der Waals surface area contributed by atoms with Gasteiger partial charge in [-0.25, -0.2) is 4.39 Å². The Balaban J connectivity index is 1.39. The molecule has 1 heterocycles. The van der Waals surface area contributed by atoms with Crippen LogP contribution in [0.3, 0.4) is 0 Å². The third kappa shape index (κ3) is 6.91. The number of halogens is 1. The van der Waals surface area contributed by atoms with Crippen molar-refractivity contribution in [1.29, 1.82) is 0 Å². The monoisotopic (exact) mass is 503 g/mol. The van der Waals surface area contributed by atoms with E-state index >= 15 is 0 Å². The van der Waals surface area contributed by atoms with Crippen LogP contribution in [-0.2, 0) is 0 Å². The molecule has 0 amide bonds. The highest BCUT2D eigenvalue weighted by Crippen LogP contribution is 2.37. The van der Waals surface area contributed by atoms with Crippen molar-refractivity contribution in [1.82, 2.24) is 0 Å². The summed E-state index contributed by atoms with van der Waals surface area (Å²) in [6, 6.07) is 21.0. The van der Waals surface area contributed by atoms with E-state index in [1.807, 2.05) is 55.4 Å². The molecule has 0 unspecified atom stereocenters. The van der Waals surface area contributed by atoms with Crippen molar-refractivity contribution in [3.05, 3.63) is 72.5 Å². The Labute approximate surface area is 217 Å². The van der Waals surface area contributed by atoms with Crippen molar-refractivity contribution in [2.24, 2.45) is 10.2 Å². The van der Waals surface area contributed by atoms with Gasteiger partial charge in [-0.2, -0.15) is 5.11 Å². The molecule has 4 nitrogen and oxygen atoms in total. The minimum Gasteiger partial charge on any atom is -0.494 e. The van der Waals surface area contributed by atoms with Gasteiger partial charge >= 0.3 is 0 Å². The quantitative estimate of drug-likeness (QED) is 0.142. The molecule has 0 saturated carbocycles. The summed E-state index contributed by atoms with van der Waals surface area (Å²) in [7, 11) is 3.96. The molecule has 0 N–H and O–H groups in total. The summed E-state index contributed by atoms with van der Waals surface area (Å²) in [6.45, 7) is 2.98. The molecule has 0 aliphatic rings. The number of nitrogens with zero attached hydrogens (tertiary/aromatic N) is 3. The summed E-state index contributed by atoms with van der Waals surface area (Å²) in [5, 5.41) is 9.44. The number of ether oxygens (including phenoxy) is 1. The number of anilines is 1. The molecular weight excluding hydrogens is 469 g/mol. The Kier molecular flexibility index (Phi) is 9.06. The van der Waals surface area contributed by atoms with E-state index in [0.29, 0.717) is 5.69 Å². The molecular formula is C30H34FN3OS. The third-order valence-corrected chi connectivity index (χ3v) is 7.28. The molecule has 0 saturated heterocycles. The predicted octanol–water partition coefficient (Wildman–Crippen LogP) is 9.93. The molecule has 0 atom stereocenters. The van der Waals surface area contributed by atoms with Gasteiger partial charge in [-0.15, -0.1) is 16.5 Å². The standard InChI is InChI=1S/C30H34FN3OS/c1-4-5-6-7-8-9-18-35-26-16-10-23-20-29(36-30(23)21-26)22-11-17-28(27(31)19-22)33-32-24-12-14-25(15-13-24)34(2)3/h10-17,19-21H,4-9,18H2,1-3H3. The van der Waals surface area contributed by atoms with Crippen LogP contribution in [0.5, 0.6) is 5.75 Å². The van der Waals surface area contributed by atoms with Gasteiger partial charge in [0.1, 0.15) is 11.4 Å². The van der Waals surface area contributed by atoms with Gasteiger partial charge in [0, 0.05) is 29.4 Å². The first kappa shape index (κ1) is 25.8. The normalized spacial score (nSPS) is 11.4. The van der Waals surface area contributed by atoms with Crippen LogP contribution in [0, 0.1) is 5.82 Å². The van der Waals surface area contributed by atoms with E-state index in [-0.39, 0.29) is 11.5 Å². The Morgan fingerprint density at radius 2 is 1.61 bits per heavy atom. The molecule has 0 aliphatic carbocycles. The fraction of sp³-hybridized carbons (Fsp3) is 0.333. The first-order valence-electron chi connectivity index (χ1n) is 12.7. The fourth-order valence-corrected chi connectivity index (χ4v) is 5.07. The lowest BCUT2D eigenvalue weighted by molar-refractivity contribution is 0.305. The summed E-state index contributed by atoms with van der Waals surface area (Å²) in [6.07, 6.45) is 7.49. The van der Waals surface area contributed by atoms with E-state index in [4.69, 9.17) is 4.74 Å². The molecule has 0 aliphatic heterocycles. The molecule has 4 aromatic rings. The second-order valence-electron chi connectivity index (χ2n) is 9.20. The summed E-state index contributed by atoms with van der Waals surface area (Å²) < 4.78 is 21.9. The van der Waals surface area contributed by atoms with E-state index in [1.165, 1.54) is 38.2 Å². The van der Waals surface area contributed by atoms with Crippen LogP contribution in [0.4, 0.5) is 21.5 Å². The molecule has 3 aromatic carbocycles. The van der Waals surface area contributed by atoms with E-state index < -0.39 is 0 Å². The highest BCUT2D eigenvalue weighted by molar-refractivity contribution is 7.22. The van der Waals surface area contributed by atoms with Crippen LogP contribution in [0.25, 0.3) is 20.5 Å². The van der Waals surface area contributed by atoms with Gasteiger partial charge in [-0.05, 0) is 78.0 Å². The maximum Gasteiger partial charge on any atom is 0.151 e. The predicted molar refractivity (Wildman–Crippen MR) is 151 cm³/mol. The SMILES string of the molecule is CCCCCCCCOc1ccc2cc(-c3ccc(N=Nc4ccc(N(C)C)cc4)c(F)c3)sc2c1. The maximum absolute atomic E-state index is 14.8. The molecule has 0 radical (unpaired) electrons. The zero-order chi connectivity index (χ0) is 25.3. The zero-order valence-electron chi connectivity index (χ0n) is 21.3. The lowest BCUT2D eigenvalue weighted by atomic mass is 10.1. The zero-order valence-corrected chi connectivity index (χ0v) is 22.2. The lowest BCUT2D eigenvalue weighted by Crippen LogP contribution is -2.07. The third-order valence-electron chi connectivity index (χ3n) is 6.13. The topological polar surface area (TPSA) is 37.2 Å². The second-order valence-corrected chi connectivity index (χ2v) is 10.3. The van der Waals surface area contributed by atoms with Crippen molar-refractivity contribution in [3.8, 4) is 16.2 Å². The largest absolute Gasteiger partial charge is 0.494 e. The molecule has 0 fully saturated rings. The average molecular weight is 504 g/mol.